The second kappa shape index (κ2) is 8.93. The third kappa shape index (κ3) is 3.63. The number of rotatable bonds is 3. The van der Waals surface area contributed by atoms with E-state index in [-0.39, 0.29) is 11.7 Å². The fourth-order valence-corrected chi connectivity index (χ4v) is 5.79. The van der Waals surface area contributed by atoms with E-state index in [1.807, 2.05) is 97.1 Å². The summed E-state index contributed by atoms with van der Waals surface area (Å²) in [5, 5.41) is 14.8. The molecule has 0 aliphatic heterocycles. The predicted octanol–water partition coefficient (Wildman–Crippen LogP) is 9.04. The van der Waals surface area contributed by atoms with E-state index in [4.69, 9.17) is 20.0 Å². The first-order valence-corrected chi connectivity index (χ1v) is 13.4. The zero-order chi connectivity index (χ0) is 27.5. The Kier molecular flexibility index (Phi) is 5.06. The molecule has 0 amide bonds. The number of aliphatic imine (C=N–C) groups is 1. The Labute approximate surface area is 234 Å². The summed E-state index contributed by atoms with van der Waals surface area (Å²) >= 11 is 0. The zero-order valence-electron chi connectivity index (χ0n) is 21.9. The fraction of sp³-hybridized carbons (Fsp3) is 0. The summed E-state index contributed by atoms with van der Waals surface area (Å²) < 4.78 is 12.8. The summed E-state index contributed by atoms with van der Waals surface area (Å²) in [5.41, 5.74) is 13.0. The normalized spacial score (nSPS) is 12.2. The summed E-state index contributed by atoms with van der Waals surface area (Å²) in [7, 11) is 0. The van der Waals surface area contributed by atoms with Gasteiger partial charge in [-0.15, -0.1) is 0 Å². The van der Waals surface area contributed by atoms with Crippen LogP contribution in [0, 0.1) is 5.41 Å². The van der Waals surface area contributed by atoms with Crippen molar-refractivity contribution in [1.82, 2.24) is 0 Å². The molecule has 8 rings (SSSR count). The molecule has 0 bridgehead atoms. The molecule has 0 saturated heterocycles. The van der Waals surface area contributed by atoms with Crippen LogP contribution in [0.2, 0.25) is 0 Å². The van der Waals surface area contributed by atoms with Crippen LogP contribution in [0.15, 0.2) is 135 Å². The molecule has 0 radical (unpaired) electrons. The lowest BCUT2D eigenvalue weighted by atomic mass is 9.96. The quantitative estimate of drug-likeness (QED) is 0.177. The molecule has 5 nitrogen and oxygen atoms in total. The molecule has 0 saturated carbocycles. The van der Waals surface area contributed by atoms with Crippen molar-refractivity contribution >= 4 is 66.3 Å². The number of nitrogens with two attached hydrogens (primary N) is 1. The topological polar surface area (TPSA) is 88.5 Å². The molecule has 2 aromatic heterocycles. The first-order valence-electron chi connectivity index (χ1n) is 13.4. The van der Waals surface area contributed by atoms with E-state index in [0.717, 1.165) is 65.8 Å². The summed E-state index contributed by atoms with van der Waals surface area (Å²) in [6.45, 7) is 0. The Morgan fingerprint density at radius 1 is 0.585 bits per heavy atom. The summed E-state index contributed by atoms with van der Waals surface area (Å²) in [5.74, 6) is 0.360. The minimum absolute atomic E-state index is 0.102. The van der Waals surface area contributed by atoms with Crippen LogP contribution >= 0.6 is 0 Å². The van der Waals surface area contributed by atoms with E-state index in [9.17, 15) is 0 Å². The number of amidine groups is 2. The van der Waals surface area contributed by atoms with Gasteiger partial charge in [0.2, 0.25) is 0 Å². The fourth-order valence-electron chi connectivity index (χ4n) is 5.79. The second-order valence-electron chi connectivity index (χ2n) is 10.2. The molecule has 0 aliphatic carbocycles. The van der Waals surface area contributed by atoms with Gasteiger partial charge in [0.15, 0.2) is 5.84 Å². The first-order chi connectivity index (χ1) is 20.2. The SMILES string of the molecule is N=C(/N=C(\N)c1ccc(-c2cccc3c2oc2ccccc23)c2oc3ccccc3c12)c1ccc2ccccc2c1. The van der Waals surface area contributed by atoms with Crippen molar-refractivity contribution in [3.63, 3.8) is 0 Å². The Bertz CT molecular complexity index is 2360. The number of furan rings is 2. The van der Waals surface area contributed by atoms with E-state index in [2.05, 4.69) is 29.3 Å². The van der Waals surface area contributed by atoms with Gasteiger partial charge in [-0.1, -0.05) is 91.0 Å². The van der Waals surface area contributed by atoms with Crippen molar-refractivity contribution in [1.29, 1.82) is 5.41 Å². The van der Waals surface area contributed by atoms with E-state index in [0.29, 0.717) is 11.1 Å². The standard InChI is InChI=1S/C36H23N3O2/c37-35(23-17-16-21-8-1-2-9-22(21)20-23)39-36(38)29-19-18-27(34-32(29)28-11-4-6-15-31(28)41-34)26-13-7-12-25-24-10-3-5-14-30(24)40-33(25)26/h1-20H,(H3,37,38,39). The van der Waals surface area contributed by atoms with Crippen LogP contribution < -0.4 is 5.73 Å². The third-order valence-corrected chi connectivity index (χ3v) is 7.75. The molecular formula is C36H23N3O2. The number of para-hydroxylation sites is 3. The average molecular weight is 530 g/mol. The van der Waals surface area contributed by atoms with Gasteiger partial charge in [-0.2, -0.15) is 0 Å². The van der Waals surface area contributed by atoms with Crippen LogP contribution in [-0.4, -0.2) is 11.7 Å². The number of nitrogens with zero attached hydrogens (tertiary/aromatic N) is 1. The molecule has 5 heteroatoms. The van der Waals surface area contributed by atoms with Gasteiger partial charge in [-0.25, -0.2) is 4.99 Å². The molecule has 0 fully saturated rings. The molecule has 8 aromatic rings. The molecule has 0 aliphatic rings. The lowest BCUT2D eigenvalue weighted by molar-refractivity contribution is 0.665. The largest absolute Gasteiger partial charge is 0.455 e. The molecule has 0 spiro atoms. The molecule has 41 heavy (non-hydrogen) atoms. The maximum atomic E-state index is 8.74. The van der Waals surface area contributed by atoms with Gasteiger partial charge >= 0.3 is 0 Å². The van der Waals surface area contributed by atoms with Crippen LogP contribution in [-0.2, 0) is 0 Å². The number of hydrogen-bond acceptors (Lipinski definition) is 3. The number of nitrogens with one attached hydrogen (secondary N) is 1. The van der Waals surface area contributed by atoms with Crippen LogP contribution in [0.4, 0.5) is 0 Å². The first kappa shape index (κ1) is 23.2. The Morgan fingerprint density at radius 2 is 1.24 bits per heavy atom. The van der Waals surface area contributed by atoms with Crippen molar-refractivity contribution in [2.45, 2.75) is 0 Å². The molecular weight excluding hydrogens is 506 g/mol. The Morgan fingerprint density at radius 3 is 2.10 bits per heavy atom. The van der Waals surface area contributed by atoms with Gasteiger partial charge in [0.1, 0.15) is 28.2 Å². The van der Waals surface area contributed by atoms with Crippen LogP contribution in [0.1, 0.15) is 11.1 Å². The minimum atomic E-state index is 0.102. The lowest BCUT2D eigenvalue weighted by Gasteiger charge is -2.09. The van der Waals surface area contributed by atoms with E-state index in [1.165, 1.54) is 0 Å². The van der Waals surface area contributed by atoms with Gasteiger partial charge in [0, 0.05) is 43.8 Å². The van der Waals surface area contributed by atoms with Crippen LogP contribution in [0.25, 0.3) is 65.8 Å². The number of hydrogen-bond donors (Lipinski definition) is 2. The average Bonchev–Trinajstić information content (AvgIpc) is 3.59. The second-order valence-corrected chi connectivity index (χ2v) is 10.2. The van der Waals surface area contributed by atoms with Crippen molar-refractivity contribution in [3.05, 3.63) is 132 Å². The van der Waals surface area contributed by atoms with Crippen molar-refractivity contribution in [2.24, 2.45) is 10.7 Å². The van der Waals surface area contributed by atoms with Crippen molar-refractivity contribution < 1.29 is 8.83 Å². The highest BCUT2D eigenvalue weighted by Crippen LogP contribution is 2.42. The number of fused-ring (bicyclic) bond motifs is 7. The van der Waals surface area contributed by atoms with Crippen LogP contribution in [0.3, 0.4) is 0 Å². The summed E-state index contributed by atoms with van der Waals surface area (Å²) in [4.78, 5) is 4.56. The minimum Gasteiger partial charge on any atom is -0.455 e. The van der Waals surface area contributed by atoms with Gasteiger partial charge in [0.05, 0.1) is 0 Å². The molecule has 3 N–H and O–H groups in total. The third-order valence-electron chi connectivity index (χ3n) is 7.75. The monoisotopic (exact) mass is 529 g/mol. The maximum Gasteiger partial charge on any atom is 0.154 e. The highest BCUT2D eigenvalue weighted by Gasteiger charge is 2.21. The van der Waals surface area contributed by atoms with E-state index in [1.54, 1.807) is 0 Å². The van der Waals surface area contributed by atoms with Crippen LogP contribution in [0.5, 0.6) is 0 Å². The molecule has 0 unspecified atom stereocenters. The lowest BCUT2D eigenvalue weighted by Crippen LogP contribution is -2.16. The van der Waals surface area contributed by atoms with E-state index >= 15 is 0 Å². The summed E-state index contributed by atoms with van der Waals surface area (Å²) in [6.07, 6.45) is 0. The van der Waals surface area contributed by atoms with Gasteiger partial charge < -0.3 is 14.6 Å². The zero-order valence-corrected chi connectivity index (χ0v) is 21.9. The Hall–Kier alpha value is -5.68. The van der Waals surface area contributed by atoms with Gasteiger partial charge in [-0.3, -0.25) is 5.41 Å². The molecule has 0 atom stereocenters. The predicted molar refractivity (Wildman–Crippen MR) is 168 cm³/mol. The van der Waals surface area contributed by atoms with E-state index < -0.39 is 0 Å². The number of benzene rings is 6. The summed E-state index contributed by atoms with van der Waals surface area (Å²) in [6, 6.07) is 40.1. The highest BCUT2D eigenvalue weighted by molar-refractivity contribution is 6.23. The molecule has 194 valence electrons. The Balaban J connectivity index is 1.32. The van der Waals surface area contributed by atoms with Gasteiger partial charge in [0.25, 0.3) is 0 Å². The molecule has 6 aromatic carbocycles. The van der Waals surface area contributed by atoms with Crippen molar-refractivity contribution in [3.8, 4) is 11.1 Å². The maximum absolute atomic E-state index is 8.74. The van der Waals surface area contributed by atoms with Crippen molar-refractivity contribution in [2.75, 3.05) is 0 Å². The molecule has 2 heterocycles. The van der Waals surface area contributed by atoms with Gasteiger partial charge in [-0.05, 0) is 41.1 Å². The highest BCUT2D eigenvalue weighted by atomic mass is 16.3. The smallest absolute Gasteiger partial charge is 0.154 e.